The van der Waals surface area contributed by atoms with Crippen molar-refractivity contribution in [2.24, 2.45) is 17.8 Å². The summed E-state index contributed by atoms with van der Waals surface area (Å²) in [4.78, 5) is 0. The van der Waals surface area contributed by atoms with Crippen molar-refractivity contribution in [1.82, 2.24) is 0 Å². The maximum absolute atomic E-state index is 2.43. The quantitative estimate of drug-likeness (QED) is 0.451. The molecular formula is C10H18. The molecule has 0 heteroatoms. The largest absolute Gasteiger partial charge is 0.0822 e. The Morgan fingerprint density at radius 2 is 1.90 bits per heavy atom. The van der Waals surface area contributed by atoms with Crippen LogP contribution in [-0.2, 0) is 0 Å². The summed E-state index contributed by atoms with van der Waals surface area (Å²) in [6, 6.07) is 0. The fraction of sp³-hybridized carbons (Fsp3) is 0.800. The summed E-state index contributed by atoms with van der Waals surface area (Å²) in [5.74, 6) is 2.51. The van der Waals surface area contributed by atoms with Gasteiger partial charge in [-0.15, -0.1) is 0 Å². The van der Waals surface area contributed by atoms with Crippen LogP contribution in [0, 0.1) is 17.8 Å². The molecule has 0 N–H and O–H groups in total. The van der Waals surface area contributed by atoms with Crippen LogP contribution in [0.5, 0.6) is 0 Å². The third-order valence-electron chi connectivity index (χ3n) is 2.93. The SMILES string of the molecule is CC1=CC(C)C(C)C[C@@H]1C. The van der Waals surface area contributed by atoms with Gasteiger partial charge in [0.1, 0.15) is 0 Å². The van der Waals surface area contributed by atoms with Gasteiger partial charge in [-0.25, -0.2) is 0 Å². The van der Waals surface area contributed by atoms with E-state index in [1.807, 2.05) is 0 Å². The monoisotopic (exact) mass is 138 g/mol. The number of hydrogen-bond acceptors (Lipinski definition) is 0. The molecule has 0 amide bonds. The molecule has 0 saturated heterocycles. The summed E-state index contributed by atoms with van der Waals surface area (Å²) < 4.78 is 0. The van der Waals surface area contributed by atoms with Gasteiger partial charge in [-0.3, -0.25) is 0 Å². The molecule has 10 heavy (non-hydrogen) atoms. The first kappa shape index (κ1) is 7.84. The minimum atomic E-state index is 0.802. The Bertz CT molecular complexity index is 144. The van der Waals surface area contributed by atoms with Gasteiger partial charge in [0.2, 0.25) is 0 Å². The molecule has 0 saturated carbocycles. The molecule has 0 spiro atoms. The molecule has 3 atom stereocenters. The van der Waals surface area contributed by atoms with Crippen molar-refractivity contribution >= 4 is 0 Å². The third kappa shape index (κ3) is 1.42. The van der Waals surface area contributed by atoms with E-state index in [9.17, 15) is 0 Å². The van der Waals surface area contributed by atoms with Crippen LogP contribution in [0.2, 0.25) is 0 Å². The first-order chi connectivity index (χ1) is 4.61. The van der Waals surface area contributed by atoms with E-state index in [2.05, 4.69) is 33.8 Å². The first-order valence-corrected chi connectivity index (χ1v) is 4.29. The lowest BCUT2D eigenvalue weighted by Crippen LogP contribution is -2.16. The molecule has 0 aromatic carbocycles. The van der Waals surface area contributed by atoms with Crippen molar-refractivity contribution in [1.29, 1.82) is 0 Å². The highest BCUT2D eigenvalue weighted by molar-refractivity contribution is 5.09. The summed E-state index contributed by atoms with van der Waals surface area (Å²) in [5.41, 5.74) is 1.59. The molecule has 0 bridgehead atoms. The van der Waals surface area contributed by atoms with E-state index in [0.29, 0.717) is 0 Å². The minimum absolute atomic E-state index is 0.802. The van der Waals surface area contributed by atoms with Crippen LogP contribution in [0.4, 0.5) is 0 Å². The minimum Gasteiger partial charge on any atom is -0.0822 e. The van der Waals surface area contributed by atoms with Crippen molar-refractivity contribution in [2.75, 3.05) is 0 Å². The van der Waals surface area contributed by atoms with E-state index in [4.69, 9.17) is 0 Å². The van der Waals surface area contributed by atoms with Crippen LogP contribution in [0.1, 0.15) is 34.1 Å². The molecule has 0 aliphatic heterocycles. The molecule has 1 rings (SSSR count). The molecule has 0 fully saturated rings. The highest BCUT2D eigenvalue weighted by Gasteiger charge is 2.20. The van der Waals surface area contributed by atoms with E-state index in [1.54, 1.807) is 5.57 Å². The number of hydrogen-bond donors (Lipinski definition) is 0. The molecule has 1 aliphatic carbocycles. The zero-order valence-corrected chi connectivity index (χ0v) is 7.52. The summed E-state index contributed by atoms with van der Waals surface area (Å²) in [5, 5.41) is 0. The van der Waals surface area contributed by atoms with Crippen LogP contribution in [0.25, 0.3) is 0 Å². The van der Waals surface area contributed by atoms with E-state index in [-0.39, 0.29) is 0 Å². The van der Waals surface area contributed by atoms with Crippen molar-refractivity contribution in [3.63, 3.8) is 0 Å². The molecule has 58 valence electrons. The van der Waals surface area contributed by atoms with Gasteiger partial charge in [0.05, 0.1) is 0 Å². The molecule has 0 aromatic heterocycles. The molecule has 0 nitrogen and oxygen atoms in total. The Labute approximate surface area is 64.3 Å². The van der Waals surface area contributed by atoms with Crippen molar-refractivity contribution in [3.05, 3.63) is 11.6 Å². The predicted octanol–water partition coefficient (Wildman–Crippen LogP) is 3.24. The Balaban J connectivity index is 2.69. The Kier molecular flexibility index (Phi) is 2.18. The number of rotatable bonds is 0. The lowest BCUT2D eigenvalue weighted by atomic mass is 9.78. The van der Waals surface area contributed by atoms with Crippen LogP contribution in [0.15, 0.2) is 11.6 Å². The normalized spacial score (nSPS) is 41.2. The average molecular weight is 138 g/mol. The predicted molar refractivity (Wildman–Crippen MR) is 45.9 cm³/mol. The summed E-state index contributed by atoms with van der Waals surface area (Å²) >= 11 is 0. The standard InChI is InChI=1S/C10H18/c1-7-5-9(3)10(4)6-8(7)2/h5,7-8,10H,6H2,1-4H3/t7?,8?,10-/m0/s1. The summed E-state index contributed by atoms with van der Waals surface area (Å²) in [6.07, 6.45) is 3.81. The second-order valence-electron chi connectivity index (χ2n) is 3.88. The number of allylic oxidation sites excluding steroid dienone is 2. The van der Waals surface area contributed by atoms with E-state index in [0.717, 1.165) is 17.8 Å². The maximum Gasteiger partial charge on any atom is -0.0232 e. The van der Waals surface area contributed by atoms with Gasteiger partial charge in [-0.1, -0.05) is 32.4 Å². The van der Waals surface area contributed by atoms with Crippen molar-refractivity contribution in [3.8, 4) is 0 Å². The van der Waals surface area contributed by atoms with E-state index in [1.165, 1.54) is 6.42 Å². The van der Waals surface area contributed by atoms with Crippen LogP contribution < -0.4 is 0 Å². The van der Waals surface area contributed by atoms with Gasteiger partial charge >= 0.3 is 0 Å². The lowest BCUT2D eigenvalue weighted by Gasteiger charge is -2.28. The van der Waals surface area contributed by atoms with Gasteiger partial charge in [0, 0.05) is 0 Å². The fourth-order valence-corrected chi connectivity index (χ4v) is 1.70. The smallest absolute Gasteiger partial charge is 0.0232 e. The Morgan fingerprint density at radius 3 is 2.40 bits per heavy atom. The summed E-state index contributed by atoms with van der Waals surface area (Å²) in [7, 11) is 0. The highest BCUT2D eigenvalue weighted by Crippen LogP contribution is 2.31. The van der Waals surface area contributed by atoms with Gasteiger partial charge in [-0.05, 0) is 31.1 Å². The Morgan fingerprint density at radius 1 is 1.30 bits per heavy atom. The average Bonchev–Trinajstić information content (AvgIpc) is 1.84. The first-order valence-electron chi connectivity index (χ1n) is 4.29. The second-order valence-corrected chi connectivity index (χ2v) is 3.88. The Hall–Kier alpha value is -0.260. The maximum atomic E-state index is 2.43. The van der Waals surface area contributed by atoms with Gasteiger partial charge in [0.15, 0.2) is 0 Å². The topological polar surface area (TPSA) is 0 Å². The van der Waals surface area contributed by atoms with Crippen LogP contribution in [-0.4, -0.2) is 0 Å². The molecule has 1 aliphatic rings. The lowest BCUT2D eigenvalue weighted by molar-refractivity contribution is 0.351. The van der Waals surface area contributed by atoms with Crippen molar-refractivity contribution in [2.45, 2.75) is 34.1 Å². The van der Waals surface area contributed by atoms with Gasteiger partial charge in [0.25, 0.3) is 0 Å². The zero-order valence-electron chi connectivity index (χ0n) is 7.52. The van der Waals surface area contributed by atoms with Crippen LogP contribution in [0.3, 0.4) is 0 Å². The molecule has 0 aromatic rings. The molecule has 0 heterocycles. The fourth-order valence-electron chi connectivity index (χ4n) is 1.70. The molecular weight excluding hydrogens is 120 g/mol. The summed E-state index contributed by atoms with van der Waals surface area (Å²) in [6.45, 7) is 9.26. The molecule has 2 unspecified atom stereocenters. The van der Waals surface area contributed by atoms with Gasteiger partial charge < -0.3 is 0 Å². The van der Waals surface area contributed by atoms with E-state index >= 15 is 0 Å². The van der Waals surface area contributed by atoms with Crippen molar-refractivity contribution < 1.29 is 0 Å². The second kappa shape index (κ2) is 2.77. The molecule has 0 radical (unpaired) electrons. The zero-order chi connectivity index (χ0) is 7.72. The highest BCUT2D eigenvalue weighted by atomic mass is 14.3. The van der Waals surface area contributed by atoms with E-state index < -0.39 is 0 Å². The van der Waals surface area contributed by atoms with Gasteiger partial charge in [-0.2, -0.15) is 0 Å². The van der Waals surface area contributed by atoms with Crippen LogP contribution >= 0.6 is 0 Å². The third-order valence-corrected chi connectivity index (χ3v) is 2.93.